The second kappa shape index (κ2) is 6.61. The Bertz CT molecular complexity index is 465. The number of cyclic esters (lactones) is 1. The van der Waals surface area contributed by atoms with E-state index in [-0.39, 0.29) is 12.2 Å². The number of nitrogens with one attached hydrogen (secondary N) is 2. The largest absolute Gasteiger partial charge is 0.489 e. The summed E-state index contributed by atoms with van der Waals surface area (Å²) in [5, 5.41) is 5.93. The molecule has 1 unspecified atom stereocenters. The van der Waals surface area contributed by atoms with Gasteiger partial charge >= 0.3 is 6.09 Å². The van der Waals surface area contributed by atoms with Crippen LogP contribution in [0.4, 0.5) is 4.79 Å². The van der Waals surface area contributed by atoms with Crippen molar-refractivity contribution in [1.82, 2.24) is 10.6 Å². The van der Waals surface area contributed by atoms with Crippen molar-refractivity contribution < 1.29 is 14.3 Å². The third kappa shape index (κ3) is 3.63. The lowest BCUT2D eigenvalue weighted by Crippen LogP contribution is -2.22. The van der Waals surface area contributed by atoms with E-state index < -0.39 is 0 Å². The van der Waals surface area contributed by atoms with Gasteiger partial charge in [-0.2, -0.15) is 0 Å². The molecule has 1 saturated heterocycles. The third-order valence-electron chi connectivity index (χ3n) is 3.26. The summed E-state index contributed by atoms with van der Waals surface area (Å²) < 4.78 is 10.9. The Morgan fingerprint density at radius 2 is 2.10 bits per heavy atom. The Kier molecular flexibility index (Phi) is 4.84. The van der Waals surface area contributed by atoms with Crippen LogP contribution in [0.3, 0.4) is 0 Å². The van der Waals surface area contributed by atoms with Gasteiger partial charge in [0.2, 0.25) is 0 Å². The first-order chi connectivity index (χ1) is 9.60. The maximum Gasteiger partial charge on any atom is 0.407 e. The molecule has 1 amide bonds. The fourth-order valence-electron chi connectivity index (χ4n) is 2.34. The van der Waals surface area contributed by atoms with Gasteiger partial charge in [-0.05, 0) is 37.1 Å². The first kappa shape index (κ1) is 14.7. The minimum atomic E-state index is -0.368. The summed E-state index contributed by atoms with van der Waals surface area (Å²) in [6.07, 6.45) is -0.573. The van der Waals surface area contributed by atoms with E-state index in [1.807, 2.05) is 13.8 Å². The van der Waals surface area contributed by atoms with Gasteiger partial charge in [-0.15, -0.1) is 0 Å². The maximum atomic E-state index is 10.9. The summed E-state index contributed by atoms with van der Waals surface area (Å²) >= 11 is 0. The van der Waals surface area contributed by atoms with E-state index in [4.69, 9.17) is 9.47 Å². The monoisotopic (exact) mass is 278 g/mol. The standard InChI is InChI=1S/C15H22N2O3/c1-4-16-7-12-5-10(2)14(11(3)6-12)19-9-13-8-17-15(18)20-13/h5-6,13,16H,4,7-9H2,1-3H3,(H,17,18). The van der Waals surface area contributed by atoms with Gasteiger partial charge in [-0.3, -0.25) is 0 Å². The molecule has 1 aliphatic heterocycles. The van der Waals surface area contributed by atoms with Gasteiger partial charge in [-0.1, -0.05) is 19.1 Å². The van der Waals surface area contributed by atoms with E-state index in [1.165, 1.54) is 5.56 Å². The van der Waals surface area contributed by atoms with Crippen molar-refractivity contribution in [2.24, 2.45) is 0 Å². The normalized spacial score (nSPS) is 17.8. The molecule has 1 aromatic carbocycles. The quantitative estimate of drug-likeness (QED) is 0.834. The number of aryl methyl sites for hydroxylation is 2. The van der Waals surface area contributed by atoms with E-state index in [2.05, 4.69) is 29.7 Å². The zero-order valence-corrected chi connectivity index (χ0v) is 12.3. The zero-order valence-electron chi connectivity index (χ0n) is 12.3. The number of rotatable bonds is 6. The molecule has 0 aliphatic carbocycles. The average Bonchev–Trinajstić information content (AvgIpc) is 2.81. The number of carbonyl (C=O) groups is 1. The van der Waals surface area contributed by atoms with Crippen LogP contribution in [0.15, 0.2) is 12.1 Å². The Balaban J connectivity index is 1.98. The molecule has 1 aliphatic rings. The van der Waals surface area contributed by atoms with Crippen LogP contribution in [-0.4, -0.2) is 31.9 Å². The van der Waals surface area contributed by atoms with E-state index in [0.717, 1.165) is 30.0 Å². The first-order valence-corrected chi connectivity index (χ1v) is 6.98. The average molecular weight is 278 g/mol. The van der Waals surface area contributed by atoms with Crippen molar-refractivity contribution in [3.8, 4) is 5.75 Å². The topological polar surface area (TPSA) is 59.6 Å². The van der Waals surface area contributed by atoms with Gasteiger partial charge < -0.3 is 20.1 Å². The number of hydrogen-bond acceptors (Lipinski definition) is 4. The zero-order chi connectivity index (χ0) is 14.5. The van der Waals surface area contributed by atoms with Crippen molar-refractivity contribution in [2.75, 3.05) is 19.7 Å². The molecule has 1 heterocycles. The SMILES string of the molecule is CCNCc1cc(C)c(OCC2CNC(=O)O2)c(C)c1. The highest BCUT2D eigenvalue weighted by Crippen LogP contribution is 2.25. The molecule has 1 aromatic rings. The maximum absolute atomic E-state index is 10.9. The van der Waals surface area contributed by atoms with Crippen LogP contribution in [0.5, 0.6) is 5.75 Å². The number of amides is 1. The van der Waals surface area contributed by atoms with Crippen LogP contribution in [-0.2, 0) is 11.3 Å². The van der Waals surface area contributed by atoms with Crippen molar-refractivity contribution in [2.45, 2.75) is 33.4 Å². The predicted octanol–water partition coefficient (Wildman–Crippen LogP) is 1.90. The van der Waals surface area contributed by atoms with Crippen LogP contribution >= 0.6 is 0 Å². The molecule has 110 valence electrons. The van der Waals surface area contributed by atoms with E-state index in [0.29, 0.717) is 13.2 Å². The number of hydrogen-bond donors (Lipinski definition) is 2. The summed E-state index contributed by atoms with van der Waals surface area (Å²) in [4.78, 5) is 10.9. The molecule has 5 heteroatoms. The van der Waals surface area contributed by atoms with Gasteiger partial charge in [-0.25, -0.2) is 4.79 Å². The van der Waals surface area contributed by atoms with Gasteiger partial charge in [0.1, 0.15) is 12.4 Å². The minimum Gasteiger partial charge on any atom is -0.489 e. The van der Waals surface area contributed by atoms with Gasteiger partial charge in [0, 0.05) is 6.54 Å². The molecule has 2 rings (SSSR count). The van der Waals surface area contributed by atoms with Crippen molar-refractivity contribution in [3.63, 3.8) is 0 Å². The number of ether oxygens (including phenoxy) is 2. The molecular weight excluding hydrogens is 256 g/mol. The Hall–Kier alpha value is -1.75. The number of benzene rings is 1. The highest BCUT2D eigenvalue weighted by Gasteiger charge is 2.23. The predicted molar refractivity (Wildman–Crippen MR) is 77.1 cm³/mol. The van der Waals surface area contributed by atoms with Crippen molar-refractivity contribution in [3.05, 3.63) is 28.8 Å². The molecule has 1 fully saturated rings. The summed E-state index contributed by atoms with van der Waals surface area (Å²) in [6, 6.07) is 4.26. The summed E-state index contributed by atoms with van der Waals surface area (Å²) in [5.41, 5.74) is 3.47. The second-order valence-corrected chi connectivity index (χ2v) is 5.06. The smallest absolute Gasteiger partial charge is 0.407 e. The minimum absolute atomic E-state index is 0.206. The Morgan fingerprint density at radius 1 is 1.40 bits per heavy atom. The summed E-state index contributed by atoms with van der Waals surface area (Å²) in [6.45, 7) is 8.88. The van der Waals surface area contributed by atoms with Crippen molar-refractivity contribution >= 4 is 6.09 Å². The number of alkyl carbamates (subject to hydrolysis) is 1. The molecule has 1 atom stereocenters. The van der Waals surface area contributed by atoms with Crippen LogP contribution in [0, 0.1) is 13.8 Å². The second-order valence-electron chi connectivity index (χ2n) is 5.06. The summed E-state index contributed by atoms with van der Waals surface area (Å²) in [5.74, 6) is 0.883. The molecule has 0 saturated carbocycles. The molecule has 20 heavy (non-hydrogen) atoms. The lowest BCUT2D eigenvalue weighted by Gasteiger charge is -2.16. The molecule has 0 spiro atoms. The van der Waals surface area contributed by atoms with Crippen LogP contribution in [0.25, 0.3) is 0 Å². The number of carbonyl (C=O) groups excluding carboxylic acids is 1. The van der Waals surface area contributed by atoms with Gasteiger partial charge in [0.05, 0.1) is 6.54 Å². The third-order valence-corrected chi connectivity index (χ3v) is 3.26. The highest BCUT2D eigenvalue weighted by atomic mass is 16.6. The molecule has 0 aromatic heterocycles. The summed E-state index contributed by atoms with van der Waals surface area (Å²) in [7, 11) is 0. The highest BCUT2D eigenvalue weighted by molar-refractivity contribution is 5.69. The Labute approximate surface area is 119 Å². The van der Waals surface area contributed by atoms with E-state index >= 15 is 0 Å². The van der Waals surface area contributed by atoms with Gasteiger partial charge in [0.15, 0.2) is 6.10 Å². The fraction of sp³-hybridized carbons (Fsp3) is 0.533. The van der Waals surface area contributed by atoms with Crippen LogP contribution in [0.2, 0.25) is 0 Å². The lowest BCUT2D eigenvalue weighted by molar-refractivity contribution is 0.104. The van der Waals surface area contributed by atoms with Crippen molar-refractivity contribution in [1.29, 1.82) is 0 Å². The molecule has 0 radical (unpaired) electrons. The van der Waals surface area contributed by atoms with Gasteiger partial charge in [0.25, 0.3) is 0 Å². The molecule has 5 nitrogen and oxygen atoms in total. The van der Waals surface area contributed by atoms with Crippen LogP contribution < -0.4 is 15.4 Å². The molecular formula is C15H22N2O3. The fourth-order valence-corrected chi connectivity index (χ4v) is 2.34. The Morgan fingerprint density at radius 3 is 2.65 bits per heavy atom. The first-order valence-electron chi connectivity index (χ1n) is 6.98. The van der Waals surface area contributed by atoms with Crippen LogP contribution in [0.1, 0.15) is 23.6 Å². The molecule has 2 N–H and O–H groups in total. The molecule has 0 bridgehead atoms. The van der Waals surface area contributed by atoms with E-state index in [1.54, 1.807) is 0 Å². The lowest BCUT2D eigenvalue weighted by atomic mass is 10.1. The van der Waals surface area contributed by atoms with E-state index in [9.17, 15) is 4.79 Å².